The minimum absolute atomic E-state index is 0.191. The van der Waals surface area contributed by atoms with Crippen LogP contribution in [0, 0.1) is 32.1 Å². The Balaban J connectivity index is 1.64. The lowest BCUT2D eigenvalue weighted by Crippen LogP contribution is -2.07. The van der Waals surface area contributed by atoms with E-state index in [0.29, 0.717) is 11.4 Å². The molecule has 2 heterocycles. The van der Waals surface area contributed by atoms with E-state index in [1.54, 1.807) is 35.6 Å². The Kier molecular flexibility index (Phi) is 5.55. The molecule has 0 aliphatic carbocycles. The largest absolute Gasteiger partial charge is 0.460 e. The highest BCUT2D eigenvalue weighted by Crippen LogP contribution is 2.35. The summed E-state index contributed by atoms with van der Waals surface area (Å²) in [5, 5.41) is 10.6. The number of aryl methyl sites for hydroxylation is 3. The number of nitriles is 1. The van der Waals surface area contributed by atoms with Crippen molar-refractivity contribution in [2.75, 3.05) is 5.75 Å². The zero-order valence-corrected chi connectivity index (χ0v) is 16.3. The standard InChI is InChI=1S/C19H17N3O2S2/c1-11-12(2)26-19-17(11)18(21-13(3)22-19)25-10-16(23)24-9-15-6-4-14(8-20)5-7-15/h4-7H,9-10H2,1-3H3. The van der Waals surface area contributed by atoms with Crippen LogP contribution in [0.25, 0.3) is 10.2 Å². The molecule has 7 heteroatoms. The smallest absolute Gasteiger partial charge is 0.316 e. The summed E-state index contributed by atoms with van der Waals surface area (Å²) in [4.78, 5) is 23.3. The molecular formula is C19H17N3O2S2. The van der Waals surface area contributed by atoms with E-state index in [2.05, 4.69) is 29.9 Å². The van der Waals surface area contributed by atoms with Gasteiger partial charge >= 0.3 is 5.97 Å². The Labute approximate surface area is 160 Å². The minimum Gasteiger partial charge on any atom is -0.460 e. The van der Waals surface area contributed by atoms with E-state index in [0.717, 1.165) is 20.8 Å². The molecule has 0 saturated heterocycles. The third-order valence-corrected chi connectivity index (χ3v) is 5.97. The molecule has 0 unspecified atom stereocenters. The van der Waals surface area contributed by atoms with Gasteiger partial charge in [-0.05, 0) is 44.0 Å². The van der Waals surface area contributed by atoms with Gasteiger partial charge in [-0.25, -0.2) is 9.97 Å². The maximum atomic E-state index is 12.1. The van der Waals surface area contributed by atoms with Crippen molar-refractivity contribution in [2.45, 2.75) is 32.4 Å². The third-order valence-electron chi connectivity index (χ3n) is 3.92. The van der Waals surface area contributed by atoms with Gasteiger partial charge in [0.15, 0.2) is 0 Å². The van der Waals surface area contributed by atoms with E-state index in [1.165, 1.54) is 22.2 Å². The average Bonchev–Trinajstić information content (AvgIpc) is 2.92. The van der Waals surface area contributed by atoms with Crippen LogP contribution in [0.1, 0.15) is 27.4 Å². The number of rotatable bonds is 5. The number of thiophene rings is 1. The van der Waals surface area contributed by atoms with E-state index in [-0.39, 0.29) is 18.3 Å². The van der Waals surface area contributed by atoms with E-state index >= 15 is 0 Å². The molecule has 3 aromatic rings. The van der Waals surface area contributed by atoms with E-state index in [1.807, 2.05) is 6.92 Å². The van der Waals surface area contributed by atoms with Crippen molar-refractivity contribution in [1.29, 1.82) is 5.26 Å². The molecule has 0 spiro atoms. The second kappa shape index (κ2) is 7.85. The molecular weight excluding hydrogens is 366 g/mol. The van der Waals surface area contributed by atoms with Gasteiger partial charge in [0.1, 0.15) is 22.3 Å². The third kappa shape index (κ3) is 4.03. The number of esters is 1. The number of fused-ring (bicyclic) bond motifs is 1. The van der Waals surface area contributed by atoms with Crippen LogP contribution in [0.5, 0.6) is 0 Å². The molecule has 1 aromatic carbocycles. The van der Waals surface area contributed by atoms with Crippen molar-refractivity contribution in [2.24, 2.45) is 0 Å². The number of carbonyl (C=O) groups is 1. The van der Waals surface area contributed by atoms with Gasteiger partial charge in [0, 0.05) is 10.3 Å². The van der Waals surface area contributed by atoms with Gasteiger partial charge in [0.25, 0.3) is 0 Å². The Morgan fingerprint density at radius 2 is 1.96 bits per heavy atom. The number of hydrogen-bond donors (Lipinski definition) is 0. The fraction of sp³-hybridized carbons (Fsp3) is 0.263. The molecule has 0 saturated carbocycles. The van der Waals surface area contributed by atoms with Crippen molar-refractivity contribution in [3.63, 3.8) is 0 Å². The zero-order valence-electron chi connectivity index (χ0n) is 14.7. The normalized spacial score (nSPS) is 10.7. The quantitative estimate of drug-likeness (QED) is 0.371. The topological polar surface area (TPSA) is 75.9 Å². The van der Waals surface area contributed by atoms with Crippen LogP contribution in [-0.2, 0) is 16.1 Å². The van der Waals surface area contributed by atoms with Crippen LogP contribution in [0.4, 0.5) is 0 Å². The molecule has 0 radical (unpaired) electrons. The van der Waals surface area contributed by atoms with Crippen molar-refractivity contribution in [3.8, 4) is 6.07 Å². The van der Waals surface area contributed by atoms with Crippen molar-refractivity contribution in [1.82, 2.24) is 9.97 Å². The number of benzene rings is 1. The van der Waals surface area contributed by atoms with Crippen LogP contribution in [-0.4, -0.2) is 21.7 Å². The first kappa shape index (κ1) is 18.4. The SMILES string of the molecule is Cc1nc(SCC(=O)OCc2ccc(C#N)cc2)c2c(C)c(C)sc2n1. The maximum absolute atomic E-state index is 12.1. The summed E-state index contributed by atoms with van der Waals surface area (Å²) in [7, 11) is 0. The van der Waals surface area contributed by atoms with E-state index in [9.17, 15) is 4.79 Å². The molecule has 0 amide bonds. The van der Waals surface area contributed by atoms with Crippen LogP contribution in [0.15, 0.2) is 29.3 Å². The second-order valence-electron chi connectivity index (χ2n) is 5.80. The first-order chi connectivity index (χ1) is 12.5. The van der Waals surface area contributed by atoms with E-state index < -0.39 is 0 Å². The van der Waals surface area contributed by atoms with Crippen LogP contribution in [0.3, 0.4) is 0 Å². The highest BCUT2D eigenvalue weighted by atomic mass is 32.2. The molecule has 0 atom stereocenters. The minimum atomic E-state index is -0.298. The van der Waals surface area contributed by atoms with Crippen LogP contribution >= 0.6 is 23.1 Å². The molecule has 0 fully saturated rings. The second-order valence-corrected chi connectivity index (χ2v) is 7.96. The lowest BCUT2D eigenvalue weighted by Gasteiger charge is -2.06. The van der Waals surface area contributed by atoms with Gasteiger partial charge in [-0.15, -0.1) is 11.3 Å². The number of hydrogen-bond acceptors (Lipinski definition) is 7. The fourth-order valence-electron chi connectivity index (χ4n) is 2.43. The number of aromatic nitrogens is 2. The number of ether oxygens (including phenoxy) is 1. The predicted molar refractivity (Wildman–Crippen MR) is 103 cm³/mol. The fourth-order valence-corrected chi connectivity index (χ4v) is 4.50. The molecule has 5 nitrogen and oxygen atoms in total. The highest BCUT2D eigenvalue weighted by molar-refractivity contribution is 8.00. The lowest BCUT2D eigenvalue weighted by molar-refractivity contribution is -0.141. The van der Waals surface area contributed by atoms with Crippen molar-refractivity contribution in [3.05, 3.63) is 51.7 Å². The first-order valence-corrected chi connectivity index (χ1v) is 9.80. The number of carbonyl (C=O) groups excluding carboxylic acids is 1. The molecule has 0 bridgehead atoms. The Hall–Kier alpha value is -2.43. The van der Waals surface area contributed by atoms with Crippen LogP contribution < -0.4 is 0 Å². The number of thioether (sulfide) groups is 1. The summed E-state index contributed by atoms with van der Waals surface area (Å²) in [6.45, 7) is 6.18. The molecule has 3 rings (SSSR count). The van der Waals surface area contributed by atoms with Gasteiger partial charge in [-0.3, -0.25) is 4.79 Å². The summed E-state index contributed by atoms with van der Waals surface area (Å²) in [6.07, 6.45) is 0. The molecule has 0 N–H and O–H groups in total. The van der Waals surface area contributed by atoms with Crippen molar-refractivity contribution >= 4 is 39.3 Å². The predicted octanol–water partition coefficient (Wildman–Crippen LogP) is 4.32. The summed E-state index contributed by atoms with van der Waals surface area (Å²) in [6, 6.07) is 9.05. The summed E-state index contributed by atoms with van der Waals surface area (Å²) >= 11 is 3.03. The van der Waals surface area contributed by atoms with Gasteiger partial charge in [-0.2, -0.15) is 5.26 Å². The van der Waals surface area contributed by atoms with E-state index in [4.69, 9.17) is 10.00 Å². The first-order valence-electron chi connectivity index (χ1n) is 7.99. The Morgan fingerprint density at radius 1 is 1.23 bits per heavy atom. The molecule has 2 aromatic heterocycles. The highest BCUT2D eigenvalue weighted by Gasteiger charge is 2.15. The maximum Gasteiger partial charge on any atom is 0.316 e. The lowest BCUT2D eigenvalue weighted by atomic mass is 10.2. The summed E-state index contributed by atoms with van der Waals surface area (Å²) in [5.74, 6) is 0.594. The monoisotopic (exact) mass is 383 g/mol. The van der Waals surface area contributed by atoms with Crippen molar-refractivity contribution < 1.29 is 9.53 Å². The van der Waals surface area contributed by atoms with Crippen LogP contribution in [0.2, 0.25) is 0 Å². The zero-order chi connectivity index (χ0) is 18.7. The number of nitrogens with zero attached hydrogens (tertiary/aromatic N) is 3. The van der Waals surface area contributed by atoms with Gasteiger partial charge < -0.3 is 4.74 Å². The average molecular weight is 383 g/mol. The molecule has 132 valence electrons. The van der Waals surface area contributed by atoms with Gasteiger partial charge in [-0.1, -0.05) is 23.9 Å². The molecule has 26 heavy (non-hydrogen) atoms. The Bertz CT molecular complexity index is 1000. The Morgan fingerprint density at radius 3 is 2.65 bits per heavy atom. The van der Waals surface area contributed by atoms with Gasteiger partial charge in [0.2, 0.25) is 0 Å². The molecule has 0 aliphatic rings. The summed E-state index contributed by atoms with van der Waals surface area (Å²) < 4.78 is 5.32. The van der Waals surface area contributed by atoms with Gasteiger partial charge in [0.05, 0.1) is 17.4 Å². The summed E-state index contributed by atoms with van der Waals surface area (Å²) in [5.41, 5.74) is 2.60. The molecule has 0 aliphatic heterocycles.